The summed E-state index contributed by atoms with van der Waals surface area (Å²) in [5.74, 6) is 0.780. The predicted octanol–water partition coefficient (Wildman–Crippen LogP) is 4.39. The minimum atomic E-state index is -0.118. The number of hydrogen-bond donors (Lipinski definition) is 2. The first kappa shape index (κ1) is 24.0. The average molecular weight is 542 g/mol. The van der Waals surface area contributed by atoms with E-state index in [1.165, 1.54) is 0 Å². The summed E-state index contributed by atoms with van der Waals surface area (Å²) in [6.07, 6.45) is 3.99. The maximum absolute atomic E-state index is 6.55. The number of nitrogens with one attached hydrogen (secondary N) is 2. The minimum Gasteiger partial charge on any atom is -0.381 e. The number of halogens is 3. The van der Waals surface area contributed by atoms with Crippen LogP contribution in [0.5, 0.6) is 0 Å². The van der Waals surface area contributed by atoms with E-state index in [9.17, 15) is 0 Å². The molecule has 2 saturated heterocycles. The van der Waals surface area contributed by atoms with Gasteiger partial charge >= 0.3 is 0 Å². The van der Waals surface area contributed by atoms with Crippen LogP contribution in [0.3, 0.4) is 0 Å². The van der Waals surface area contributed by atoms with E-state index in [0.29, 0.717) is 10.0 Å². The van der Waals surface area contributed by atoms with Crippen molar-refractivity contribution in [3.63, 3.8) is 0 Å². The van der Waals surface area contributed by atoms with E-state index in [0.717, 1.165) is 70.1 Å². The predicted molar refractivity (Wildman–Crippen MR) is 127 cm³/mol. The molecule has 2 N–H and O–H groups in total. The van der Waals surface area contributed by atoms with Gasteiger partial charge in [0, 0.05) is 55.4 Å². The van der Waals surface area contributed by atoms with Crippen LogP contribution in [-0.2, 0) is 14.9 Å². The fourth-order valence-corrected chi connectivity index (χ4v) is 4.55. The van der Waals surface area contributed by atoms with Gasteiger partial charge in [0.1, 0.15) is 0 Å². The van der Waals surface area contributed by atoms with Crippen LogP contribution >= 0.6 is 47.2 Å². The van der Waals surface area contributed by atoms with Crippen LogP contribution in [0.15, 0.2) is 23.2 Å². The fraction of sp³-hybridized carbons (Fsp3) is 0.650. The molecule has 1 atom stereocenters. The summed E-state index contributed by atoms with van der Waals surface area (Å²) in [5, 5.41) is 8.27. The minimum absolute atomic E-state index is 0. The maximum atomic E-state index is 6.55. The number of aliphatic imine (C=N–C) groups is 1. The molecule has 2 aliphatic rings. The topological polar surface area (TPSA) is 54.9 Å². The zero-order chi connectivity index (χ0) is 19.3. The molecule has 1 unspecified atom stereocenters. The lowest BCUT2D eigenvalue weighted by Crippen LogP contribution is -2.50. The molecule has 1 aromatic rings. The normalized spacial score (nSPS) is 24.5. The van der Waals surface area contributed by atoms with Gasteiger partial charge in [-0.1, -0.05) is 29.3 Å². The molecule has 2 fully saturated rings. The Balaban J connectivity index is 0.00000280. The van der Waals surface area contributed by atoms with Crippen LogP contribution in [0, 0.1) is 0 Å². The zero-order valence-electron chi connectivity index (χ0n) is 16.5. The second-order valence-corrected chi connectivity index (χ2v) is 8.54. The lowest BCUT2D eigenvalue weighted by Gasteiger charge is -2.39. The SMILES string of the molecule is CN=C(NCC1(C)CCCO1)NCC1(c2ccc(Cl)cc2Cl)CCOCC1.I. The van der Waals surface area contributed by atoms with Crippen molar-refractivity contribution in [1.29, 1.82) is 0 Å². The molecule has 3 rings (SSSR count). The molecule has 28 heavy (non-hydrogen) atoms. The third kappa shape index (κ3) is 5.88. The Labute approximate surface area is 195 Å². The number of hydrogen-bond acceptors (Lipinski definition) is 3. The Morgan fingerprint density at radius 1 is 1.11 bits per heavy atom. The molecule has 0 aromatic heterocycles. The first-order valence-corrected chi connectivity index (χ1v) is 10.3. The number of rotatable bonds is 5. The number of guanidine groups is 1. The van der Waals surface area contributed by atoms with Crippen molar-refractivity contribution in [1.82, 2.24) is 10.6 Å². The van der Waals surface area contributed by atoms with Crippen molar-refractivity contribution in [2.24, 2.45) is 4.99 Å². The van der Waals surface area contributed by atoms with Crippen molar-refractivity contribution < 1.29 is 9.47 Å². The summed E-state index contributed by atoms with van der Waals surface area (Å²) in [6, 6.07) is 5.77. The highest BCUT2D eigenvalue weighted by Crippen LogP contribution is 2.39. The first-order valence-electron chi connectivity index (χ1n) is 9.58. The van der Waals surface area contributed by atoms with Crippen molar-refractivity contribution in [2.75, 3.05) is 40.0 Å². The van der Waals surface area contributed by atoms with Gasteiger partial charge in [0.2, 0.25) is 0 Å². The highest BCUT2D eigenvalue weighted by Gasteiger charge is 2.36. The third-order valence-corrected chi connectivity index (χ3v) is 6.25. The third-order valence-electron chi connectivity index (χ3n) is 5.70. The maximum Gasteiger partial charge on any atom is 0.191 e. The summed E-state index contributed by atoms with van der Waals surface area (Å²) in [4.78, 5) is 4.38. The highest BCUT2D eigenvalue weighted by molar-refractivity contribution is 14.0. The lowest BCUT2D eigenvalue weighted by atomic mass is 9.74. The molecule has 0 spiro atoms. The Hall–Kier alpha value is -0.280. The van der Waals surface area contributed by atoms with E-state index >= 15 is 0 Å². The molecule has 2 aliphatic heterocycles. The molecule has 5 nitrogen and oxygen atoms in total. The smallest absolute Gasteiger partial charge is 0.191 e. The largest absolute Gasteiger partial charge is 0.381 e. The second-order valence-electron chi connectivity index (χ2n) is 7.70. The van der Waals surface area contributed by atoms with Gasteiger partial charge in [-0.2, -0.15) is 0 Å². The number of ether oxygens (including phenoxy) is 2. The van der Waals surface area contributed by atoms with E-state index in [-0.39, 0.29) is 35.0 Å². The zero-order valence-corrected chi connectivity index (χ0v) is 20.4. The van der Waals surface area contributed by atoms with Gasteiger partial charge in [0.05, 0.1) is 5.60 Å². The molecule has 0 aliphatic carbocycles. The van der Waals surface area contributed by atoms with Crippen molar-refractivity contribution in [3.05, 3.63) is 33.8 Å². The molecule has 158 valence electrons. The first-order chi connectivity index (χ1) is 13.0. The van der Waals surface area contributed by atoms with Crippen LogP contribution in [-0.4, -0.2) is 51.5 Å². The Morgan fingerprint density at radius 3 is 2.43 bits per heavy atom. The summed E-state index contributed by atoms with van der Waals surface area (Å²) < 4.78 is 11.5. The lowest BCUT2D eigenvalue weighted by molar-refractivity contribution is 0.0242. The summed E-state index contributed by atoms with van der Waals surface area (Å²) in [5.41, 5.74) is 0.893. The molecule has 0 saturated carbocycles. The summed E-state index contributed by atoms with van der Waals surface area (Å²) in [6.45, 7) is 5.90. The molecule has 2 heterocycles. The van der Waals surface area contributed by atoms with Crippen LogP contribution in [0.25, 0.3) is 0 Å². The van der Waals surface area contributed by atoms with Gasteiger partial charge in [-0.15, -0.1) is 24.0 Å². The Bertz CT molecular complexity index is 675. The van der Waals surface area contributed by atoms with E-state index in [1.54, 1.807) is 7.05 Å². The summed E-state index contributed by atoms with van der Waals surface area (Å²) in [7, 11) is 1.79. The number of nitrogens with zero attached hydrogens (tertiary/aromatic N) is 1. The molecular formula is C20H30Cl2IN3O2. The van der Waals surface area contributed by atoms with Gasteiger partial charge in [-0.25, -0.2) is 0 Å². The molecule has 8 heteroatoms. The quantitative estimate of drug-likeness (QED) is 0.330. The Morgan fingerprint density at radius 2 is 1.82 bits per heavy atom. The fourth-order valence-electron chi connectivity index (χ4n) is 3.94. The van der Waals surface area contributed by atoms with Crippen molar-refractivity contribution >= 4 is 53.1 Å². The van der Waals surface area contributed by atoms with Gasteiger partial charge in [-0.05, 0) is 50.3 Å². The van der Waals surface area contributed by atoms with Crippen LogP contribution in [0.4, 0.5) is 0 Å². The van der Waals surface area contributed by atoms with Gasteiger partial charge < -0.3 is 20.1 Å². The Kier molecular flexibility index (Phi) is 9.13. The standard InChI is InChI=1S/C20H29Cl2N3O2.HI/c1-19(6-3-9-27-19)13-24-18(23-2)25-14-20(7-10-26-11-8-20)16-5-4-15(21)12-17(16)22;/h4-5,12H,3,6-11,13-14H2,1-2H3,(H2,23,24,25);1H. The van der Waals surface area contributed by atoms with Crippen molar-refractivity contribution in [2.45, 2.75) is 43.6 Å². The highest BCUT2D eigenvalue weighted by atomic mass is 127. The van der Waals surface area contributed by atoms with E-state index < -0.39 is 0 Å². The van der Waals surface area contributed by atoms with Gasteiger partial charge in [0.15, 0.2) is 5.96 Å². The van der Waals surface area contributed by atoms with Gasteiger partial charge in [-0.3, -0.25) is 4.99 Å². The number of benzene rings is 1. The molecule has 0 amide bonds. The molecule has 1 aromatic carbocycles. The molecule has 0 bridgehead atoms. The average Bonchev–Trinajstić information content (AvgIpc) is 3.09. The molecule has 0 radical (unpaired) electrons. The second kappa shape index (κ2) is 10.7. The summed E-state index contributed by atoms with van der Waals surface area (Å²) >= 11 is 12.7. The van der Waals surface area contributed by atoms with Gasteiger partial charge in [0.25, 0.3) is 0 Å². The van der Waals surface area contributed by atoms with Crippen LogP contribution < -0.4 is 10.6 Å². The van der Waals surface area contributed by atoms with E-state index in [4.69, 9.17) is 32.7 Å². The van der Waals surface area contributed by atoms with Crippen LogP contribution in [0.2, 0.25) is 10.0 Å². The monoisotopic (exact) mass is 541 g/mol. The van der Waals surface area contributed by atoms with E-state index in [2.05, 4.69) is 22.5 Å². The van der Waals surface area contributed by atoms with E-state index in [1.807, 2.05) is 18.2 Å². The molecular weight excluding hydrogens is 512 g/mol. The van der Waals surface area contributed by atoms with Crippen LogP contribution in [0.1, 0.15) is 38.2 Å². The van der Waals surface area contributed by atoms with Crippen molar-refractivity contribution in [3.8, 4) is 0 Å².